The van der Waals surface area contributed by atoms with Gasteiger partial charge in [0.05, 0.1) is 22.3 Å². The van der Waals surface area contributed by atoms with Crippen molar-refractivity contribution in [2.24, 2.45) is 0 Å². The van der Waals surface area contributed by atoms with E-state index in [0.717, 1.165) is 56.8 Å². The summed E-state index contributed by atoms with van der Waals surface area (Å²) < 4.78 is 78.5. The molecule has 0 atom stereocenters. The van der Waals surface area contributed by atoms with Crippen molar-refractivity contribution in [3.8, 4) is 67.5 Å². The molecule has 6 aromatic carbocycles. The molecule has 5 heteroatoms. The second-order valence-electron chi connectivity index (χ2n) is 17.0. The second-order valence-corrected chi connectivity index (χ2v) is 17.0. The van der Waals surface area contributed by atoms with Gasteiger partial charge in [-0.3, -0.25) is 9.55 Å². The van der Waals surface area contributed by atoms with Crippen LogP contribution in [0.3, 0.4) is 0 Å². The molecule has 0 saturated carbocycles. The summed E-state index contributed by atoms with van der Waals surface area (Å²) in [6, 6.07) is 47.1. The van der Waals surface area contributed by atoms with Crippen LogP contribution in [0.4, 0.5) is 0 Å². The fraction of sp³-hybridized carbons (Fsp3) is 0.222. The van der Waals surface area contributed by atoms with Crippen molar-refractivity contribution in [1.82, 2.24) is 14.5 Å². The Hall–Kier alpha value is -5.57. The number of rotatable bonds is 6. The van der Waals surface area contributed by atoms with E-state index >= 15 is 0 Å². The SMILES string of the molecule is [2H]C([2H])([2H])C(c1ccc(O)c(-c2nc3c(-c4[c-]c(-c5cc(-c6ccccc6)ccn5)cc(C(C)(C)C)c4)cccc3n2-c2ccc(C(C)(C)C)cc2-c2ccccc2)c1)(C([2H])([2H])[2H])C([2H])([2H])[2H].[Pt]. The molecule has 0 unspecified atom stereocenters. The molecule has 0 spiro atoms. The summed E-state index contributed by atoms with van der Waals surface area (Å²) in [5.41, 5.74) is 6.03. The maximum Gasteiger partial charge on any atom is 0.148 e. The van der Waals surface area contributed by atoms with Gasteiger partial charge in [-0.1, -0.05) is 164 Å². The number of aromatic hydroxyl groups is 1. The van der Waals surface area contributed by atoms with Gasteiger partial charge in [0.25, 0.3) is 0 Å². The molecular formula is C54H52N3OPt-. The van der Waals surface area contributed by atoms with Gasteiger partial charge in [-0.05, 0) is 80.5 Å². The minimum atomic E-state index is -3.53. The summed E-state index contributed by atoms with van der Waals surface area (Å²) in [6.45, 7) is 2.19. The first-order chi connectivity index (χ1) is 31.3. The molecule has 2 heterocycles. The van der Waals surface area contributed by atoms with Gasteiger partial charge in [-0.15, -0.1) is 29.3 Å². The zero-order valence-electron chi connectivity index (χ0n) is 43.0. The zero-order valence-corrected chi connectivity index (χ0v) is 36.2. The molecule has 2 aromatic heterocycles. The molecule has 8 rings (SSSR count). The Morgan fingerprint density at radius 2 is 1.19 bits per heavy atom. The Balaban J connectivity index is 0.00000684. The van der Waals surface area contributed by atoms with Crippen molar-refractivity contribution in [2.45, 2.75) is 78.3 Å². The van der Waals surface area contributed by atoms with Gasteiger partial charge in [0.1, 0.15) is 11.6 Å². The standard InChI is InChI=1S/C54H52N3O.Pt/c1-52(2,3)40-23-25-47(44(33-40)36-19-14-11-15-20-36)57-48-22-16-21-43(50(48)56-51(57)45-34-41(53(4,5)6)24-26-49(45)58)38-29-39(31-42(30-38)54(7,8)9)46-32-37(27-28-55-46)35-17-12-10-13-18-35;/h10-28,30-34,58H,1-9H3;/q-1;/i4D3,5D3,6D3;. The monoisotopic (exact) mass is 962 g/mol. The Kier molecular flexibility index (Phi) is 8.44. The molecule has 0 saturated heterocycles. The summed E-state index contributed by atoms with van der Waals surface area (Å²) in [6.07, 6.45) is 1.79. The van der Waals surface area contributed by atoms with Gasteiger partial charge >= 0.3 is 0 Å². The number of phenols is 1. The first-order valence-electron chi connectivity index (χ1n) is 24.0. The van der Waals surface area contributed by atoms with Crippen molar-refractivity contribution in [2.75, 3.05) is 0 Å². The smallest absolute Gasteiger partial charge is 0.148 e. The van der Waals surface area contributed by atoms with E-state index in [9.17, 15) is 5.11 Å². The number of nitrogens with zero attached hydrogens (tertiary/aromatic N) is 3. The average Bonchev–Trinajstić information content (AvgIpc) is 3.65. The van der Waals surface area contributed by atoms with Gasteiger partial charge in [0.2, 0.25) is 0 Å². The van der Waals surface area contributed by atoms with Crippen LogP contribution in [0.15, 0.2) is 146 Å². The largest absolute Gasteiger partial charge is 0.507 e. The van der Waals surface area contributed by atoms with Crippen LogP contribution in [0.5, 0.6) is 5.75 Å². The van der Waals surface area contributed by atoms with Gasteiger partial charge in [0, 0.05) is 50.9 Å². The number of hydrogen-bond donors (Lipinski definition) is 1. The molecule has 0 bridgehead atoms. The Bertz CT molecular complexity index is 3090. The van der Waals surface area contributed by atoms with Crippen LogP contribution in [-0.2, 0) is 37.3 Å². The predicted molar refractivity (Wildman–Crippen MR) is 243 cm³/mol. The van der Waals surface area contributed by atoms with Gasteiger partial charge in [0.15, 0.2) is 0 Å². The molecule has 8 aromatic rings. The van der Waals surface area contributed by atoms with Crippen LogP contribution in [0.25, 0.3) is 72.7 Å². The topological polar surface area (TPSA) is 50.9 Å². The Morgan fingerprint density at radius 1 is 0.559 bits per heavy atom. The number of fused-ring (bicyclic) bond motifs is 1. The Morgan fingerprint density at radius 3 is 1.86 bits per heavy atom. The molecule has 4 nitrogen and oxygen atoms in total. The number of hydrogen-bond acceptors (Lipinski definition) is 3. The van der Waals surface area contributed by atoms with Crippen molar-refractivity contribution >= 4 is 11.0 Å². The van der Waals surface area contributed by atoms with E-state index in [1.807, 2.05) is 95.6 Å². The van der Waals surface area contributed by atoms with E-state index in [1.54, 1.807) is 6.20 Å². The maximum absolute atomic E-state index is 11.9. The number of imidazole rings is 1. The van der Waals surface area contributed by atoms with E-state index in [2.05, 4.69) is 77.9 Å². The summed E-state index contributed by atoms with van der Waals surface area (Å²) in [4.78, 5) is 10.1. The zero-order chi connectivity index (χ0) is 48.5. The number of pyridine rings is 1. The number of benzene rings is 6. The van der Waals surface area contributed by atoms with Gasteiger partial charge in [-0.2, -0.15) is 0 Å². The van der Waals surface area contributed by atoms with E-state index < -0.39 is 31.5 Å². The second kappa shape index (κ2) is 15.9. The van der Waals surface area contributed by atoms with Crippen LogP contribution >= 0.6 is 0 Å². The predicted octanol–water partition coefficient (Wildman–Crippen LogP) is 14.2. The minimum absolute atomic E-state index is 0. The molecule has 0 aliphatic rings. The van der Waals surface area contributed by atoms with Crippen LogP contribution < -0.4 is 0 Å². The van der Waals surface area contributed by atoms with E-state index in [4.69, 9.17) is 22.3 Å². The van der Waals surface area contributed by atoms with Crippen LogP contribution in [0, 0.1) is 6.07 Å². The molecule has 300 valence electrons. The van der Waals surface area contributed by atoms with Crippen LogP contribution in [-0.4, -0.2) is 19.6 Å². The van der Waals surface area contributed by atoms with Gasteiger partial charge < -0.3 is 5.11 Å². The number of phenolic OH excluding ortho intramolecular Hbond substituents is 1. The molecule has 0 aliphatic carbocycles. The van der Waals surface area contributed by atoms with E-state index in [-0.39, 0.29) is 49.0 Å². The first kappa shape index (κ1) is 31.4. The van der Waals surface area contributed by atoms with Crippen molar-refractivity contribution in [1.29, 1.82) is 0 Å². The average molecular weight is 963 g/mol. The first-order valence-corrected chi connectivity index (χ1v) is 19.5. The molecule has 0 radical (unpaired) electrons. The summed E-state index contributed by atoms with van der Waals surface area (Å²) in [7, 11) is 0. The number of aromatic nitrogens is 3. The van der Waals surface area contributed by atoms with Crippen LogP contribution in [0.1, 0.15) is 91.1 Å². The molecule has 1 N–H and O–H groups in total. The maximum atomic E-state index is 11.9. The van der Waals surface area contributed by atoms with Crippen molar-refractivity contribution in [3.63, 3.8) is 0 Å². The number of para-hydroxylation sites is 1. The summed E-state index contributed by atoms with van der Waals surface area (Å²) >= 11 is 0. The fourth-order valence-electron chi connectivity index (χ4n) is 7.41. The molecule has 59 heavy (non-hydrogen) atoms. The van der Waals surface area contributed by atoms with Crippen LogP contribution in [0.2, 0.25) is 0 Å². The van der Waals surface area contributed by atoms with Crippen molar-refractivity contribution in [3.05, 3.63) is 168 Å². The fourth-order valence-corrected chi connectivity index (χ4v) is 7.41. The third kappa shape index (κ3) is 8.34. The summed E-state index contributed by atoms with van der Waals surface area (Å²) in [5.74, 6) is -0.236. The van der Waals surface area contributed by atoms with Crippen molar-refractivity contribution < 1.29 is 38.5 Å². The molecule has 0 amide bonds. The molecular weight excluding hydrogens is 902 g/mol. The van der Waals surface area contributed by atoms with E-state index in [1.165, 1.54) is 6.07 Å². The van der Waals surface area contributed by atoms with Gasteiger partial charge in [-0.25, -0.2) is 4.98 Å². The quantitative estimate of drug-likeness (QED) is 0.169. The molecule has 0 fully saturated rings. The normalized spacial score (nSPS) is 15.0. The molecule has 0 aliphatic heterocycles. The summed E-state index contributed by atoms with van der Waals surface area (Å²) in [5, 5.41) is 11.9. The third-order valence-corrected chi connectivity index (χ3v) is 10.7. The minimum Gasteiger partial charge on any atom is -0.507 e. The van der Waals surface area contributed by atoms with E-state index in [0.29, 0.717) is 27.8 Å². The Labute approximate surface area is 377 Å². The third-order valence-electron chi connectivity index (χ3n) is 10.7.